The fraction of sp³-hybridized carbons (Fsp3) is 0.0714. The minimum atomic E-state index is -0.238. The number of carbonyl (C=O) groups is 1. The van der Waals surface area contributed by atoms with Crippen LogP contribution in [0.4, 0.5) is 5.69 Å². The van der Waals surface area contributed by atoms with Crippen molar-refractivity contribution in [3.05, 3.63) is 58.6 Å². The van der Waals surface area contributed by atoms with Gasteiger partial charge < -0.3 is 16.2 Å². The fourth-order valence-electron chi connectivity index (χ4n) is 1.63. The highest BCUT2D eigenvalue weighted by Crippen LogP contribution is 2.19. The average molecular weight is 277 g/mol. The largest absolute Gasteiger partial charge is 0.508 e. The zero-order valence-electron chi connectivity index (χ0n) is 10.1. The fourth-order valence-corrected chi connectivity index (χ4v) is 1.75. The minimum Gasteiger partial charge on any atom is -0.508 e. The number of nitrogen functional groups attached to an aromatic ring is 1. The van der Waals surface area contributed by atoms with Gasteiger partial charge in [-0.3, -0.25) is 4.79 Å². The Morgan fingerprint density at radius 3 is 2.58 bits per heavy atom. The second-order valence-electron chi connectivity index (χ2n) is 4.08. The summed E-state index contributed by atoms with van der Waals surface area (Å²) in [7, 11) is 0. The van der Waals surface area contributed by atoms with Crippen LogP contribution >= 0.6 is 11.6 Å². The Hall–Kier alpha value is -2.20. The summed E-state index contributed by atoms with van der Waals surface area (Å²) in [6.07, 6.45) is 0. The summed E-state index contributed by atoms with van der Waals surface area (Å²) >= 11 is 5.75. The van der Waals surface area contributed by atoms with Gasteiger partial charge in [0.05, 0.1) is 0 Å². The van der Waals surface area contributed by atoms with Crippen LogP contribution in [0.1, 0.15) is 15.9 Å². The lowest BCUT2D eigenvalue weighted by Gasteiger charge is -2.08. The highest BCUT2D eigenvalue weighted by atomic mass is 35.5. The van der Waals surface area contributed by atoms with Crippen LogP contribution in [0.25, 0.3) is 0 Å². The van der Waals surface area contributed by atoms with Crippen molar-refractivity contribution >= 4 is 23.2 Å². The predicted octanol–water partition coefficient (Wildman–Crippen LogP) is 2.56. The third-order valence-corrected chi connectivity index (χ3v) is 2.90. The second-order valence-corrected chi connectivity index (χ2v) is 4.51. The van der Waals surface area contributed by atoms with E-state index in [4.69, 9.17) is 17.3 Å². The second kappa shape index (κ2) is 5.63. The maximum absolute atomic E-state index is 11.9. The molecule has 0 aliphatic rings. The molecule has 98 valence electrons. The summed E-state index contributed by atoms with van der Waals surface area (Å²) < 4.78 is 0. The van der Waals surface area contributed by atoms with Crippen LogP contribution in [-0.2, 0) is 6.54 Å². The number of carbonyl (C=O) groups excluding carboxylic acids is 1. The Morgan fingerprint density at radius 2 is 1.89 bits per heavy atom. The Balaban J connectivity index is 2.04. The van der Waals surface area contributed by atoms with E-state index in [-0.39, 0.29) is 18.2 Å². The van der Waals surface area contributed by atoms with E-state index in [1.54, 1.807) is 36.4 Å². The van der Waals surface area contributed by atoms with Crippen LogP contribution in [0.5, 0.6) is 5.75 Å². The van der Waals surface area contributed by atoms with Gasteiger partial charge in [0.2, 0.25) is 0 Å². The van der Waals surface area contributed by atoms with Crippen LogP contribution < -0.4 is 11.1 Å². The zero-order valence-corrected chi connectivity index (χ0v) is 10.8. The average Bonchev–Trinajstić information content (AvgIpc) is 2.40. The molecule has 0 bridgehead atoms. The first kappa shape index (κ1) is 13.2. The van der Waals surface area contributed by atoms with Crippen molar-refractivity contribution in [2.24, 2.45) is 0 Å². The van der Waals surface area contributed by atoms with Crippen molar-refractivity contribution in [1.29, 1.82) is 0 Å². The molecule has 5 heteroatoms. The van der Waals surface area contributed by atoms with E-state index < -0.39 is 0 Å². The number of hydrogen-bond acceptors (Lipinski definition) is 3. The summed E-state index contributed by atoms with van der Waals surface area (Å²) in [5.41, 5.74) is 7.24. The lowest BCUT2D eigenvalue weighted by molar-refractivity contribution is 0.0951. The topological polar surface area (TPSA) is 75.3 Å². The predicted molar refractivity (Wildman–Crippen MR) is 75.1 cm³/mol. The van der Waals surface area contributed by atoms with Gasteiger partial charge in [0.15, 0.2) is 0 Å². The third kappa shape index (κ3) is 3.39. The van der Waals surface area contributed by atoms with E-state index in [0.717, 1.165) is 0 Å². The first-order valence-corrected chi connectivity index (χ1v) is 6.05. The van der Waals surface area contributed by atoms with Gasteiger partial charge in [-0.2, -0.15) is 0 Å². The molecule has 0 aromatic heterocycles. The van der Waals surface area contributed by atoms with E-state index >= 15 is 0 Å². The van der Waals surface area contributed by atoms with Gasteiger partial charge in [-0.15, -0.1) is 0 Å². The van der Waals surface area contributed by atoms with E-state index in [1.165, 1.54) is 6.07 Å². The van der Waals surface area contributed by atoms with Crippen molar-refractivity contribution in [3.8, 4) is 5.75 Å². The Labute approximate surface area is 115 Å². The summed E-state index contributed by atoms with van der Waals surface area (Å²) in [4.78, 5) is 11.9. The van der Waals surface area contributed by atoms with E-state index in [0.29, 0.717) is 21.8 Å². The van der Waals surface area contributed by atoms with Gasteiger partial charge in [-0.05, 0) is 42.5 Å². The van der Waals surface area contributed by atoms with Crippen molar-refractivity contribution in [2.75, 3.05) is 5.73 Å². The molecule has 2 aromatic carbocycles. The van der Waals surface area contributed by atoms with Gasteiger partial charge in [0, 0.05) is 28.4 Å². The van der Waals surface area contributed by atoms with Crippen LogP contribution in [0, 0.1) is 0 Å². The molecular formula is C14H13ClN2O2. The normalized spacial score (nSPS) is 10.2. The molecule has 0 radical (unpaired) electrons. The molecule has 0 aliphatic heterocycles. The molecule has 2 rings (SSSR count). The Morgan fingerprint density at radius 1 is 1.21 bits per heavy atom. The Bertz CT molecular complexity index is 597. The van der Waals surface area contributed by atoms with Gasteiger partial charge in [-0.1, -0.05) is 11.6 Å². The zero-order chi connectivity index (χ0) is 13.8. The summed E-state index contributed by atoms with van der Waals surface area (Å²) in [5, 5.41) is 12.9. The molecule has 2 aromatic rings. The standard InChI is InChI=1S/C14H13ClN2O2/c15-11-3-1-9(2-4-11)14(19)17-8-10-7-12(16)5-6-13(10)18/h1-7,18H,8,16H2,(H,17,19). The molecule has 1 amide bonds. The molecule has 0 unspecified atom stereocenters. The number of amides is 1. The van der Waals surface area contributed by atoms with Gasteiger partial charge in [-0.25, -0.2) is 0 Å². The molecular weight excluding hydrogens is 264 g/mol. The molecule has 4 N–H and O–H groups in total. The number of nitrogens with one attached hydrogen (secondary N) is 1. The van der Waals surface area contributed by atoms with Crippen LogP contribution in [0.3, 0.4) is 0 Å². The first-order chi connectivity index (χ1) is 9.06. The van der Waals surface area contributed by atoms with Gasteiger partial charge >= 0.3 is 0 Å². The van der Waals surface area contributed by atoms with Crippen molar-refractivity contribution in [2.45, 2.75) is 6.54 Å². The number of hydrogen-bond donors (Lipinski definition) is 3. The maximum Gasteiger partial charge on any atom is 0.251 e. The number of benzene rings is 2. The molecule has 4 nitrogen and oxygen atoms in total. The minimum absolute atomic E-state index is 0.102. The van der Waals surface area contributed by atoms with E-state index in [2.05, 4.69) is 5.32 Å². The number of rotatable bonds is 3. The highest BCUT2D eigenvalue weighted by Gasteiger charge is 2.07. The molecule has 0 spiro atoms. The Kier molecular flexibility index (Phi) is 3.92. The maximum atomic E-state index is 11.9. The monoisotopic (exact) mass is 276 g/mol. The molecule has 0 heterocycles. The molecule has 19 heavy (non-hydrogen) atoms. The van der Waals surface area contributed by atoms with Crippen molar-refractivity contribution < 1.29 is 9.90 Å². The SMILES string of the molecule is Nc1ccc(O)c(CNC(=O)c2ccc(Cl)cc2)c1. The van der Waals surface area contributed by atoms with Crippen molar-refractivity contribution in [1.82, 2.24) is 5.32 Å². The van der Waals surface area contributed by atoms with Crippen LogP contribution in [0.2, 0.25) is 5.02 Å². The smallest absolute Gasteiger partial charge is 0.251 e. The van der Waals surface area contributed by atoms with Gasteiger partial charge in [0.25, 0.3) is 5.91 Å². The number of halogens is 1. The summed E-state index contributed by atoms with van der Waals surface area (Å²) in [6, 6.07) is 11.3. The van der Waals surface area contributed by atoms with Gasteiger partial charge in [0.1, 0.15) is 5.75 Å². The number of phenols is 1. The number of aromatic hydroxyl groups is 1. The van der Waals surface area contributed by atoms with E-state index in [1.807, 2.05) is 0 Å². The molecule has 0 saturated heterocycles. The van der Waals surface area contributed by atoms with Crippen molar-refractivity contribution in [3.63, 3.8) is 0 Å². The first-order valence-electron chi connectivity index (χ1n) is 5.67. The number of anilines is 1. The number of phenolic OH excluding ortho intramolecular Hbond substituents is 1. The van der Waals surface area contributed by atoms with E-state index in [9.17, 15) is 9.90 Å². The third-order valence-electron chi connectivity index (χ3n) is 2.65. The lowest BCUT2D eigenvalue weighted by atomic mass is 10.1. The number of nitrogens with two attached hydrogens (primary N) is 1. The molecule has 0 atom stereocenters. The molecule has 0 aliphatic carbocycles. The summed E-state index contributed by atoms with van der Waals surface area (Å²) in [6.45, 7) is 0.207. The lowest BCUT2D eigenvalue weighted by Crippen LogP contribution is -2.22. The highest BCUT2D eigenvalue weighted by molar-refractivity contribution is 6.30. The quantitative estimate of drug-likeness (QED) is 0.596. The molecule has 0 fully saturated rings. The molecule has 0 saturated carbocycles. The van der Waals surface area contributed by atoms with Crippen LogP contribution in [0.15, 0.2) is 42.5 Å². The summed E-state index contributed by atoms with van der Waals surface area (Å²) in [5.74, 6) is -0.135. The van der Waals surface area contributed by atoms with Crippen LogP contribution in [-0.4, -0.2) is 11.0 Å².